The lowest BCUT2D eigenvalue weighted by Crippen LogP contribution is -2.04. The van der Waals surface area contributed by atoms with Crippen molar-refractivity contribution in [3.63, 3.8) is 0 Å². The molecule has 0 radical (unpaired) electrons. The zero-order valence-electron chi connectivity index (χ0n) is 6.57. The molecule has 0 spiro atoms. The van der Waals surface area contributed by atoms with Crippen molar-refractivity contribution in [3.8, 4) is 12.3 Å². The van der Waals surface area contributed by atoms with Crippen molar-refractivity contribution in [3.05, 3.63) is 11.8 Å². The van der Waals surface area contributed by atoms with Crippen molar-refractivity contribution in [2.45, 2.75) is 0 Å². The first-order valence-electron chi connectivity index (χ1n) is 3.18. The van der Waals surface area contributed by atoms with Gasteiger partial charge in [-0.05, 0) is 0 Å². The summed E-state index contributed by atoms with van der Waals surface area (Å²) in [7, 11) is 0.522. The lowest BCUT2D eigenvalue weighted by molar-refractivity contribution is 0.361. The maximum Gasteiger partial charge on any atom is 0.300 e. The van der Waals surface area contributed by atoms with Gasteiger partial charge >= 0.3 is 0 Å². The third-order valence-corrected chi connectivity index (χ3v) is 4.05. The highest BCUT2D eigenvalue weighted by molar-refractivity contribution is 7.57. The second-order valence-electron chi connectivity index (χ2n) is 2.35. The van der Waals surface area contributed by atoms with E-state index < -0.39 is 7.52 Å². The Morgan fingerprint density at radius 2 is 2.55 bits per heavy atom. The van der Waals surface area contributed by atoms with E-state index in [1.807, 2.05) is 0 Å². The average molecular weight is 171 g/mol. The van der Waals surface area contributed by atoms with Gasteiger partial charge in [0, 0.05) is 25.9 Å². The number of hydrogen-bond acceptors (Lipinski definition) is 2. The van der Waals surface area contributed by atoms with Gasteiger partial charge in [-0.25, -0.2) is 0 Å². The van der Waals surface area contributed by atoms with Gasteiger partial charge < -0.3 is 9.19 Å². The molecular weight excluding hydrogens is 161 g/mol. The molecule has 0 amide bonds. The quantitative estimate of drug-likeness (QED) is 0.439. The number of nitrogens with zero attached hydrogens (tertiary/aromatic N) is 1. The van der Waals surface area contributed by atoms with Crippen molar-refractivity contribution in [1.29, 1.82) is 0 Å². The summed E-state index contributed by atoms with van der Waals surface area (Å²) >= 11 is 0. The van der Waals surface area contributed by atoms with E-state index >= 15 is 0 Å². The van der Waals surface area contributed by atoms with E-state index in [1.165, 1.54) is 7.11 Å². The predicted molar refractivity (Wildman–Crippen MR) is 44.2 cm³/mol. The van der Waals surface area contributed by atoms with E-state index in [9.17, 15) is 4.57 Å². The summed E-state index contributed by atoms with van der Waals surface area (Å²) in [5.41, 5.74) is 0.734. The third-order valence-electron chi connectivity index (χ3n) is 1.66. The summed E-state index contributed by atoms with van der Waals surface area (Å²) in [5, 5.41) is 0. The Morgan fingerprint density at radius 3 is 2.82 bits per heavy atom. The van der Waals surface area contributed by atoms with Gasteiger partial charge in [-0.1, -0.05) is 5.92 Å². The first-order valence-corrected chi connectivity index (χ1v) is 4.94. The number of allylic oxidation sites excluding steroid dienone is 1. The Labute approximate surface area is 66.5 Å². The molecule has 0 saturated carbocycles. The maximum absolute atomic E-state index is 11.6. The molecule has 0 saturated heterocycles. The van der Waals surface area contributed by atoms with Crippen molar-refractivity contribution in [2.75, 3.05) is 20.3 Å². The van der Waals surface area contributed by atoms with E-state index in [0.717, 1.165) is 5.57 Å². The minimum Gasteiger partial charge on any atom is -0.316 e. The van der Waals surface area contributed by atoms with Crippen molar-refractivity contribution < 1.29 is 9.09 Å². The van der Waals surface area contributed by atoms with Gasteiger partial charge in [0.2, 0.25) is 0 Å². The molecule has 0 aliphatic carbocycles. The summed E-state index contributed by atoms with van der Waals surface area (Å²) in [6, 6.07) is 0. The van der Waals surface area contributed by atoms with E-state index in [-0.39, 0.29) is 0 Å². The van der Waals surface area contributed by atoms with Crippen LogP contribution in [0.25, 0.3) is 0 Å². The van der Waals surface area contributed by atoms with Crippen LogP contribution >= 0.6 is 7.52 Å². The van der Waals surface area contributed by atoms with Gasteiger partial charge in [0.25, 0.3) is 7.52 Å². The Morgan fingerprint density at radius 1 is 1.91 bits per heavy atom. The summed E-state index contributed by atoms with van der Waals surface area (Å²) in [6.45, 7) is 0. The van der Waals surface area contributed by atoms with Crippen LogP contribution in [0.4, 0.5) is 0 Å². The van der Waals surface area contributed by atoms with E-state index in [1.54, 1.807) is 17.9 Å². The molecule has 4 heteroatoms. The van der Waals surface area contributed by atoms with Gasteiger partial charge in [0.05, 0.1) is 6.16 Å². The molecule has 1 heterocycles. The van der Waals surface area contributed by atoms with E-state index in [4.69, 9.17) is 10.9 Å². The fourth-order valence-corrected chi connectivity index (χ4v) is 2.49. The van der Waals surface area contributed by atoms with Gasteiger partial charge in [0.15, 0.2) is 0 Å². The number of hydrogen-bond donors (Lipinski definition) is 0. The van der Waals surface area contributed by atoms with Crippen LogP contribution in [-0.4, -0.2) is 25.0 Å². The topological polar surface area (TPSA) is 29.5 Å². The van der Waals surface area contributed by atoms with E-state index in [2.05, 4.69) is 5.92 Å². The second kappa shape index (κ2) is 2.73. The molecule has 0 N–H and O–H groups in total. The SMILES string of the molecule is C#CC1=CN(C)P(=O)(OC)C1. The molecule has 0 aromatic rings. The molecule has 0 aromatic heterocycles. The van der Waals surface area contributed by atoms with Crippen molar-refractivity contribution >= 4 is 7.52 Å². The highest BCUT2D eigenvalue weighted by Crippen LogP contribution is 2.54. The van der Waals surface area contributed by atoms with Crippen LogP contribution in [0.15, 0.2) is 11.8 Å². The standard InChI is InChI=1S/C7H10NO2P/c1-4-7-5-8(2)11(9,6-7)10-3/h1,5H,6H2,2-3H3. The molecule has 0 fully saturated rings. The molecular formula is C7H10NO2P. The van der Waals surface area contributed by atoms with Gasteiger partial charge in [-0.2, -0.15) is 0 Å². The van der Waals surface area contributed by atoms with Crippen molar-refractivity contribution in [1.82, 2.24) is 4.67 Å². The van der Waals surface area contributed by atoms with Gasteiger partial charge in [-0.3, -0.25) is 4.57 Å². The zero-order valence-corrected chi connectivity index (χ0v) is 7.47. The molecule has 1 rings (SSSR count). The van der Waals surface area contributed by atoms with Crippen LogP contribution in [-0.2, 0) is 9.09 Å². The smallest absolute Gasteiger partial charge is 0.300 e. The van der Waals surface area contributed by atoms with Crippen LogP contribution in [0.1, 0.15) is 0 Å². The van der Waals surface area contributed by atoms with Crippen LogP contribution < -0.4 is 0 Å². The third kappa shape index (κ3) is 1.33. The Hall–Kier alpha value is -0.710. The number of terminal acetylenes is 1. The summed E-state index contributed by atoms with van der Waals surface area (Å²) in [6.07, 6.45) is 7.19. The normalized spacial score (nSPS) is 29.9. The lowest BCUT2D eigenvalue weighted by Gasteiger charge is -2.17. The maximum atomic E-state index is 11.6. The van der Waals surface area contributed by atoms with Crippen LogP contribution in [0, 0.1) is 12.3 Å². The largest absolute Gasteiger partial charge is 0.316 e. The van der Waals surface area contributed by atoms with E-state index in [0.29, 0.717) is 6.16 Å². The molecule has 0 bridgehead atoms. The lowest BCUT2D eigenvalue weighted by atomic mass is 10.3. The van der Waals surface area contributed by atoms with Crippen LogP contribution in [0.5, 0.6) is 0 Å². The Balaban J connectivity index is 2.87. The van der Waals surface area contributed by atoms with Crippen LogP contribution in [0.3, 0.4) is 0 Å². The number of rotatable bonds is 1. The highest BCUT2D eigenvalue weighted by atomic mass is 31.2. The minimum atomic E-state index is -2.62. The first-order chi connectivity index (χ1) is 5.12. The fourth-order valence-electron chi connectivity index (χ4n) is 0.957. The fraction of sp³-hybridized carbons (Fsp3) is 0.429. The molecule has 1 aliphatic rings. The molecule has 1 unspecified atom stereocenters. The molecule has 60 valence electrons. The molecule has 3 nitrogen and oxygen atoms in total. The monoisotopic (exact) mass is 171 g/mol. The second-order valence-corrected chi connectivity index (χ2v) is 4.94. The molecule has 1 atom stereocenters. The summed E-state index contributed by atoms with van der Waals surface area (Å²) in [5.74, 6) is 2.45. The summed E-state index contributed by atoms with van der Waals surface area (Å²) in [4.78, 5) is 0. The highest BCUT2D eigenvalue weighted by Gasteiger charge is 2.32. The van der Waals surface area contributed by atoms with Gasteiger partial charge in [-0.15, -0.1) is 6.42 Å². The predicted octanol–water partition coefficient (Wildman–Crippen LogP) is 1.29. The molecule has 1 aliphatic heterocycles. The Bertz CT molecular complexity index is 277. The van der Waals surface area contributed by atoms with Crippen LogP contribution in [0.2, 0.25) is 0 Å². The molecule has 0 aromatic carbocycles. The first kappa shape index (κ1) is 8.39. The molecule has 11 heavy (non-hydrogen) atoms. The summed E-state index contributed by atoms with van der Waals surface area (Å²) < 4.78 is 18.1. The Kier molecular flexibility index (Phi) is 2.08. The minimum absolute atomic E-state index is 0.358. The van der Waals surface area contributed by atoms with Crippen molar-refractivity contribution in [2.24, 2.45) is 0 Å². The average Bonchev–Trinajstić information content (AvgIpc) is 2.29. The zero-order chi connectivity index (χ0) is 8.48. The van der Waals surface area contributed by atoms with Gasteiger partial charge in [0.1, 0.15) is 0 Å².